The monoisotopic (exact) mass is 569 g/mol. The quantitative estimate of drug-likeness (QED) is 0.0881. The van der Waals surface area contributed by atoms with E-state index in [-0.39, 0.29) is 11.8 Å². The van der Waals surface area contributed by atoms with Crippen LogP contribution in [0.4, 0.5) is 0 Å². The van der Waals surface area contributed by atoms with Gasteiger partial charge in [-0.05, 0) is 50.2 Å². The molecule has 0 unspecified atom stereocenters. The Balaban J connectivity index is 1.45. The SMILES string of the molecule is CCCCCCCCCCCCCCC(=O)NCCCCCNC(=O)CCn1c(CN(C)NC)cc2ccccc21. The minimum absolute atomic E-state index is 0.0893. The van der Waals surface area contributed by atoms with Gasteiger partial charge in [0.15, 0.2) is 0 Å². The van der Waals surface area contributed by atoms with Crippen molar-refractivity contribution in [3.8, 4) is 0 Å². The zero-order valence-corrected chi connectivity index (χ0v) is 26.4. The van der Waals surface area contributed by atoms with Gasteiger partial charge in [0.25, 0.3) is 0 Å². The summed E-state index contributed by atoms with van der Waals surface area (Å²) in [6.07, 6.45) is 19.8. The van der Waals surface area contributed by atoms with Crippen molar-refractivity contribution in [2.75, 3.05) is 27.2 Å². The largest absolute Gasteiger partial charge is 0.356 e. The van der Waals surface area contributed by atoms with Crippen molar-refractivity contribution in [3.63, 3.8) is 0 Å². The van der Waals surface area contributed by atoms with E-state index in [9.17, 15) is 9.59 Å². The second-order valence-electron chi connectivity index (χ2n) is 11.6. The molecule has 2 aromatic rings. The van der Waals surface area contributed by atoms with E-state index in [4.69, 9.17) is 0 Å². The molecule has 2 amide bonds. The maximum absolute atomic E-state index is 12.5. The zero-order chi connectivity index (χ0) is 29.5. The predicted octanol–water partition coefficient (Wildman–Crippen LogP) is 7.09. The van der Waals surface area contributed by atoms with Gasteiger partial charge >= 0.3 is 0 Å². The van der Waals surface area contributed by atoms with Crippen LogP contribution in [0, 0.1) is 0 Å². The molecule has 0 aliphatic rings. The number of para-hydroxylation sites is 1. The molecule has 1 aromatic heterocycles. The van der Waals surface area contributed by atoms with Crippen molar-refractivity contribution in [1.82, 2.24) is 25.6 Å². The third-order valence-electron chi connectivity index (χ3n) is 8.00. The van der Waals surface area contributed by atoms with Crippen LogP contribution in [0.5, 0.6) is 0 Å². The number of hydrogen-bond donors (Lipinski definition) is 3. The first kappa shape index (κ1) is 34.8. The minimum atomic E-state index is 0.0893. The van der Waals surface area contributed by atoms with E-state index in [1.165, 1.54) is 87.2 Å². The lowest BCUT2D eigenvalue weighted by molar-refractivity contribution is -0.122. The number of amides is 2. The van der Waals surface area contributed by atoms with Crippen LogP contribution in [0.25, 0.3) is 10.9 Å². The second-order valence-corrected chi connectivity index (χ2v) is 11.6. The summed E-state index contributed by atoms with van der Waals surface area (Å²) in [6, 6.07) is 10.5. The van der Waals surface area contributed by atoms with Gasteiger partial charge in [-0.1, -0.05) is 95.8 Å². The smallest absolute Gasteiger partial charge is 0.221 e. The number of carbonyl (C=O) groups excluding carboxylic acids is 2. The normalized spacial score (nSPS) is 11.4. The Hall–Kier alpha value is -2.38. The molecule has 0 saturated carbocycles. The Morgan fingerprint density at radius 3 is 1.88 bits per heavy atom. The van der Waals surface area contributed by atoms with Crippen LogP contribution in [-0.4, -0.2) is 48.6 Å². The highest BCUT2D eigenvalue weighted by molar-refractivity contribution is 5.82. The number of fused-ring (bicyclic) bond motifs is 1. The molecule has 0 fully saturated rings. The highest BCUT2D eigenvalue weighted by Crippen LogP contribution is 2.21. The summed E-state index contributed by atoms with van der Waals surface area (Å²) in [5.74, 6) is 0.273. The molecule has 0 saturated heterocycles. The molecule has 41 heavy (non-hydrogen) atoms. The number of nitrogens with zero attached hydrogens (tertiary/aromatic N) is 2. The van der Waals surface area contributed by atoms with Crippen molar-refractivity contribution in [3.05, 3.63) is 36.0 Å². The molecule has 3 N–H and O–H groups in total. The fourth-order valence-electron chi connectivity index (χ4n) is 5.38. The Labute approximate surface area is 250 Å². The lowest BCUT2D eigenvalue weighted by Gasteiger charge is -2.17. The van der Waals surface area contributed by atoms with E-state index in [1.807, 2.05) is 25.2 Å². The fraction of sp³-hybridized carbons (Fsp3) is 0.706. The Bertz CT molecular complexity index is 973. The number of rotatable bonds is 25. The van der Waals surface area contributed by atoms with Gasteiger partial charge in [0.1, 0.15) is 0 Å². The van der Waals surface area contributed by atoms with Crippen molar-refractivity contribution in [2.45, 2.75) is 129 Å². The number of hydrogen-bond acceptors (Lipinski definition) is 4. The molecule has 0 radical (unpaired) electrons. The number of nitrogens with one attached hydrogen (secondary N) is 3. The molecule has 0 aliphatic heterocycles. The molecule has 232 valence electrons. The summed E-state index contributed by atoms with van der Waals surface area (Å²) in [6.45, 7) is 5.12. The summed E-state index contributed by atoms with van der Waals surface area (Å²) in [5, 5.41) is 9.36. The van der Waals surface area contributed by atoms with Gasteiger partial charge in [0.2, 0.25) is 11.8 Å². The van der Waals surface area contributed by atoms with E-state index in [2.05, 4.69) is 51.8 Å². The topological polar surface area (TPSA) is 78.4 Å². The molecule has 1 heterocycles. The number of benzene rings is 1. The molecule has 0 atom stereocenters. The molecule has 0 spiro atoms. The van der Waals surface area contributed by atoms with Crippen LogP contribution in [-0.2, 0) is 22.7 Å². The highest BCUT2D eigenvalue weighted by atomic mass is 16.2. The molecule has 7 nitrogen and oxygen atoms in total. The maximum Gasteiger partial charge on any atom is 0.221 e. The summed E-state index contributed by atoms with van der Waals surface area (Å²) < 4.78 is 2.25. The van der Waals surface area contributed by atoms with Gasteiger partial charge < -0.3 is 15.2 Å². The lowest BCUT2D eigenvalue weighted by atomic mass is 10.0. The van der Waals surface area contributed by atoms with Gasteiger partial charge in [-0.15, -0.1) is 0 Å². The van der Waals surface area contributed by atoms with E-state index in [0.29, 0.717) is 25.9 Å². The molecule has 0 aliphatic carbocycles. The van der Waals surface area contributed by atoms with E-state index < -0.39 is 0 Å². The fourth-order valence-corrected chi connectivity index (χ4v) is 5.38. The first-order chi connectivity index (χ1) is 20.0. The molecule has 0 bridgehead atoms. The first-order valence-corrected chi connectivity index (χ1v) is 16.5. The summed E-state index contributed by atoms with van der Waals surface area (Å²) in [4.78, 5) is 24.6. The summed E-state index contributed by atoms with van der Waals surface area (Å²) >= 11 is 0. The molecule has 2 rings (SSSR count). The van der Waals surface area contributed by atoms with Crippen LogP contribution in [0.3, 0.4) is 0 Å². The Kier molecular flexibility index (Phi) is 18.9. The molecule has 1 aromatic carbocycles. The van der Waals surface area contributed by atoms with Crippen molar-refractivity contribution in [1.29, 1.82) is 0 Å². The number of aromatic nitrogens is 1. The van der Waals surface area contributed by atoms with Crippen LogP contribution < -0.4 is 16.1 Å². The standard InChI is InChI=1S/C34H59N5O2/c1-4-5-6-7-8-9-10-11-12-13-14-16-23-33(40)36-25-19-15-20-26-37-34(41)24-27-39-31(29-38(3)35-2)28-30-21-17-18-22-32(30)39/h17-18,21-22,28,35H,4-16,19-20,23-27,29H2,1-3H3,(H,36,40)(H,37,41). The van der Waals surface area contributed by atoms with Crippen LogP contribution in [0.15, 0.2) is 30.3 Å². The van der Waals surface area contributed by atoms with Crippen molar-refractivity contribution < 1.29 is 9.59 Å². The van der Waals surface area contributed by atoms with Crippen LogP contribution >= 0.6 is 0 Å². The highest BCUT2D eigenvalue weighted by Gasteiger charge is 2.11. The second kappa shape index (κ2) is 22.2. The van der Waals surface area contributed by atoms with E-state index in [1.54, 1.807) is 0 Å². The Morgan fingerprint density at radius 1 is 0.732 bits per heavy atom. The Morgan fingerprint density at radius 2 is 1.27 bits per heavy atom. The van der Waals surface area contributed by atoms with E-state index in [0.717, 1.165) is 38.8 Å². The average Bonchev–Trinajstić information content (AvgIpc) is 3.32. The predicted molar refractivity (Wildman–Crippen MR) is 173 cm³/mol. The van der Waals surface area contributed by atoms with Crippen molar-refractivity contribution in [2.24, 2.45) is 0 Å². The van der Waals surface area contributed by atoms with Gasteiger partial charge in [-0.25, -0.2) is 5.01 Å². The molecule has 7 heteroatoms. The number of unbranched alkanes of at least 4 members (excludes halogenated alkanes) is 13. The van der Waals surface area contributed by atoms with Crippen molar-refractivity contribution >= 4 is 22.7 Å². The van der Waals surface area contributed by atoms with Gasteiger partial charge in [-0.3, -0.25) is 15.0 Å². The van der Waals surface area contributed by atoms with E-state index >= 15 is 0 Å². The number of carbonyl (C=O) groups is 2. The number of aryl methyl sites for hydroxylation is 1. The van der Waals surface area contributed by atoms with Gasteiger partial charge in [-0.2, -0.15) is 0 Å². The zero-order valence-electron chi connectivity index (χ0n) is 26.4. The average molecular weight is 570 g/mol. The van der Waals surface area contributed by atoms with Gasteiger partial charge in [0.05, 0.1) is 6.54 Å². The lowest BCUT2D eigenvalue weighted by Crippen LogP contribution is -2.31. The van der Waals surface area contributed by atoms with Crippen LogP contribution in [0.1, 0.15) is 122 Å². The third kappa shape index (κ3) is 15.4. The minimum Gasteiger partial charge on any atom is -0.356 e. The summed E-state index contributed by atoms with van der Waals surface area (Å²) in [5.41, 5.74) is 5.51. The third-order valence-corrected chi connectivity index (χ3v) is 8.00. The van der Waals surface area contributed by atoms with Gasteiger partial charge in [0, 0.05) is 50.7 Å². The maximum atomic E-state index is 12.5. The van der Waals surface area contributed by atoms with Crippen LogP contribution in [0.2, 0.25) is 0 Å². The molecular formula is C34H59N5O2. The summed E-state index contributed by atoms with van der Waals surface area (Å²) in [7, 11) is 3.93. The first-order valence-electron chi connectivity index (χ1n) is 16.5. The molecular weight excluding hydrogens is 510 g/mol. The number of hydrazine groups is 1.